The first-order valence-corrected chi connectivity index (χ1v) is 5.93. The Balaban J connectivity index is 2.41. The molecule has 1 aliphatic rings. The summed E-state index contributed by atoms with van der Waals surface area (Å²) in [6.45, 7) is 7.61. The SMILES string of the molecule is C/C=C/C(=O)C1(CNC(=O)OC(C)(C)C)CC1. The maximum Gasteiger partial charge on any atom is 0.407 e. The molecule has 0 heterocycles. The zero-order valence-corrected chi connectivity index (χ0v) is 11.0. The van der Waals surface area contributed by atoms with E-state index in [4.69, 9.17) is 4.74 Å². The van der Waals surface area contributed by atoms with Gasteiger partial charge in [-0.3, -0.25) is 4.79 Å². The summed E-state index contributed by atoms with van der Waals surface area (Å²) in [6.07, 6.45) is 4.52. The van der Waals surface area contributed by atoms with Crippen molar-refractivity contribution in [3.05, 3.63) is 12.2 Å². The van der Waals surface area contributed by atoms with Gasteiger partial charge in [0.2, 0.25) is 0 Å². The molecule has 0 radical (unpaired) electrons. The van der Waals surface area contributed by atoms with Gasteiger partial charge in [0.25, 0.3) is 0 Å². The lowest BCUT2D eigenvalue weighted by Gasteiger charge is -2.21. The van der Waals surface area contributed by atoms with Crippen molar-refractivity contribution in [3.8, 4) is 0 Å². The average Bonchev–Trinajstić information content (AvgIpc) is 2.93. The van der Waals surface area contributed by atoms with Crippen LogP contribution in [0.1, 0.15) is 40.5 Å². The van der Waals surface area contributed by atoms with Crippen molar-refractivity contribution in [3.63, 3.8) is 0 Å². The Labute approximate surface area is 102 Å². The van der Waals surface area contributed by atoms with Gasteiger partial charge in [-0.1, -0.05) is 6.08 Å². The summed E-state index contributed by atoms with van der Waals surface area (Å²) >= 11 is 0. The Kier molecular flexibility index (Phi) is 3.96. The number of alkyl carbamates (subject to hydrolysis) is 1. The number of amides is 1. The summed E-state index contributed by atoms with van der Waals surface area (Å²) in [5, 5.41) is 2.67. The highest BCUT2D eigenvalue weighted by Crippen LogP contribution is 2.46. The van der Waals surface area contributed by atoms with Crippen molar-refractivity contribution in [2.75, 3.05) is 6.54 Å². The molecular formula is C13H21NO3. The number of rotatable bonds is 4. The predicted molar refractivity (Wildman–Crippen MR) is 65.7 cm³/mol. The molecule has 96 valence electrons. The maximum absolute atomic E-state index is 11.7. The largest absolute Gasteiger partial charge is 0.444 e. The molecule has 1 rings (SSSR count). The van der Waals surface area contributed by atoms with Gasteiger partial charge < -0.3 is 10.1 Å². The molecule has 4 heteroatoms. The molecule has 1 fully saturated rings. The molecule has 17 heavy (non-hydrogen) atoms. The van der Waals surface area contributed by atoms with E-state index in [2.05, 4.69) is 5.32 Å². The first-order chi connectivity index (χ1) is 7.79. The molecule has 0 aromatic heterocycles. The number of ketones is 1. The van der Waals surface area contributed by atoms with Gasteiger partial charge in [-0.2, -0.15) is 0 Å². The van der Waals surface area contributed by atoms with E-state index in [1.165, 1.54) is 0 Å². The van der Waals surface area contributed by atoms with E-state index in [0.29, 0.717) is 6.54 Å². The number of carbonyl (C=O) groups is 2. The normalized spacial score (nSPS) is 17.9. The van der Waals surface area contributed by atoms with E-state index in [0.717, 1.165) is 12.8 Å². The van der Waals surface area contributed by atoms with Gasteiger partial charge in [-0.15, -0.1) is 0 Å². The van der Waals surface area contributed by atoms with Crippen LogP contribution in [0.25, 0.3) is 0 Å². The number of carbonyl (C=O) groups excluding carboxylic acids is 2. The van der Waals surface area contributed by atoms with Crippen LogP contribution in [0.15, 0.2) is 12.2 Å². The lowest BCUT2D eigenvalue weighted by molar-refractivity contribution is -0.119. The third-order valence-electron chi connectivity index (χ3n) is 2.66. The number of hydrogen-bond acceptors (Lipinski definition) is 3. The van der Waals surface area contributed by atoms with Gasteiger partial charge in [0.1, 0.15) is 5.60 Å². The molecule has 4 nitrogen and oxygen atoms in total. The van der Waals surface area contributed by atoms with Crippen molar-refractivity contribution < 1.29 is 14.3 Å². The first kappa shape index (κ1) is 13.7. The van der Waals surface area contributed by atoms with E-state index >= 15 is 0 Å². The molecule has 0 bridgehead atoms. The molecule has 0 spiro atoms. The monoisotopic (exact) mass is 239 g/mol. The van der Waals surface area contributed by atoms with Crippen LogP contribution in [0.5, 0.6) is 0 Å². The van der Waals surface area contributed by atoms with E-state index in [-0.39, 0.29) is 11.2 Å². The minimum absolute atomic E-state index is 0.0936. The molecule has 0 unspecified atom stereocenters. The summed E-state index contributed by atoms with van der Waals surface area (Å²) in [4.78, 5) is 23.2. The predicted octanol–water partition coefficient (Wildman–Crippen LogP) is 2.44. The standard InChI is InChI=1S/C13H21NO3/c1-5-6-10(15)13(7-8-13)9-14-11(16)17-12(2,3)4/h5-6H,7-9H2,1-4H3,(H,14,16)/b6-5+. The second-order valence-electron chi connectivity index (χ2n) is 5.50. The van der Waals surface area contributed by atoms with Crippen LogP contribution in [-0.2, 0) is 9.53 Å². The summed E-state index contributed by atoms with van der Waals surface area (Å²) < 4.78 is 5.12. The van der Waals surface area contributed by atoms with Crippen LogP contribution in [0.4, 0.5) is 4.79 Å². The summed E-state index contributed by atoms with van der Waals surface area (Å²) in [7, 11) is 0. The Morgan fingerprint density at radius 1 is 1.35 bits per heavy atom. The summed E-state index contributed by atoms with van der Waals surface area (Å²) in [5.74, 6) is 0.0936. The number of allylic oxidation sites excluding steroid dienone is 2. The molecular weight excluding hydrogens is 218 g/mol. The van der Waals surface area contributed by atoms with Gasteiger partial charge in [-0.05, 0) is 46.6 Å². The fraction of sp³-hybridized carbons (Fsp3) is 0.692. The first-order valence-electron chi connectivity index (χ1n) is 5.93. The molecule has 0 atom stereocenters. The van der Waals surface area contributed by atoms with Crippen molar-refractivity contribution in [2.45, 2.75) is 46.1 Å². The van der Waals surface area contributed by atoms with Crippen LogP contribution in [-0.4, -0.2) is 24.0 Å². The molecule has 1 N–H and O–H groups in total. The number of hydrogen-bond donors (Lipinski definition) is 1. The van der Waals surface area contributed by atoms with Crippen molar-refractivity contribution in [1.29, 1.82) is 0 Å². The lowest BCUT2D eigenvalue weighted by Crippen LogP contribution is -2.37. The highest BCUT2D eigenvalue weighted by molar-refractivity contribution is 5.97. The molecule has 1 aliphatic carbocycles. The highest BCUT2D eigenvalue weighted by Gasteiger charge is 2.48. The Morgan fingerprint density at radius 3 is 2.35 bits per heavy atom. The van der Waals surface area contributed by atoms with Gasteiger partial charge in [-0.25, -0.2) is 4.79 Å². The van der Waals surface area contributed by atoms with Crippen molar-refractivity contribution >= 4 is 11.9 Å². The summed E-state index contributed by atoms with van der Waals surface area (Å²) in [6, 6.07) is 0. The second kappa shape index (κ2) is 4.90. The molecule has 0 aromatic rings. The van der Waals surface area contributed by atoms with Crippen LogP contribution in [0.2, 0.25) is 0 Å². The minimum Gasteiger partial charge on any atom is -0.444 e. The fourth-order valence-electron chi connectivity index (χ4n) is 1.54. The van der Waals surface area contributed by atoms with Crippen molar-refractivity contribution in [2.24, 2.45) is 5.41 Å². The lowest BCUT2D eigenvalue weighted by atomic mass is 10.0. The summed E-state index contributed by atoms with van der Waals surface area (Å²) in [5.41, 5.74) is -0.877. The third kappa shape index (κ3) is 4.21. The average molecular weight is 239 g/mol. The van der Waals surface area contributed by atoms with Crippen LogP contribution >= 0.6 is 0 Å². The van der Waals surface area contributed by atoms with E-state index in [1.54, 1.807) is 12.2 Å². The molecule has 1 amide bonds. The number of ether oxygens (including phenoxy) is 1. The van der Waals surface area contributed by atoms with E-state index in [1.807, 2.05) is 27.7 Å². The van der Waals surface area contributed by atoms with Gasteiger partial charge in [0.05, 0.1) is 5.41 Å². The fourth-order valence-corrected chi connectivity index (χ4v) is 1.54. The van der Waals surface area contributed by atoms with Crippen LogP contribution in [0, 0.1) is 5.41 Å². The molecule has 0 aromatic carbocycles. The number of nitrogens with one attached hydrogen (secondary N) is 1. The van der Waals surface area contributed by atoms with E-state index < -0.39 is 11.7 Å². The smallest absolute Gasteiger partial charge is 0.407 e. The van der Waals surface area contributed by atoms with Gasteiger partial charge in [0, 0.05) is 6.54 Å². The molecule has 0 aliphatic heterocycles. The second-order valence-corrected chi connectivity index (χ2v) is 5.50. The zero-order chi connectivity index (χ0) is 13.1. The quantitative estimate of drug-likeness (QED) is 0.767. The highest BCUT2D eigenvalue weighted by atomic mass is 16.6. The van der Waals surface area contributed by atoms with Crippen LogP contribution in [0.3, 0.4) is 0 Å². The van der Waals surface area contributed by atoms with Crippen LogP contribution < -0.4 is 5.32 Å². The van der Waals surface area contributed by atoms with E-state index in [9.17, 15) is 9.59 Å². The Bertz CT molecular complexity index is 335. The maximum atomic E-state index is 11.7. The minimum atomic E-state index is -0.506. The third-order valence-corrected chi connectivity index (χ3v) is 2.66. The molecule has 0 saturated heterocycles. The topological polar surface area (TPSA) is 55.4 Å². The Hall–Kier alpha value is -1.32. The zero-order valence-electron chi connectivity index (χ0n) is 11.0. The van der Waals surface area contributed by atoms with Gasteiger partial charge in [0.15, 0.2) is 5.78 Å². The van der Waals surface area contributed by atoms with Gasteiger partial charge >= 0.3 is 6.09 Å². The van der Waals surface area contributed by atoms with Crippen molar-refractivity contribution in [1.82, 2.24) is 5.32 Å². The molecule has 1 saturated carbocycles. The Morgan fingerprint density at radius 2 is 1.94 bits per heavy atom.